The van der Waals surface area contributed by atoms with Crippen molar-refractivity contribution in [3.8, 4) is 5.75 Å². The highest BCUT2D eigenvalue weighted by Gasteiger charge is 2.52. The molecule has 1 amide bonds. The van der Waals surface area contributed by atoms with Crippen molar-refractivity contribution in [3.63, 3.8) is 0 Å². The number of likely N-dealkylation sites (tertiary alicyclic amines) is 1. The minimum absolute atomic E-state index is 0.0836. The number of quaternary nitrogens is 1. The fourth-order valence-corrected chi connectivity index (χ4v) is 4.16. The van der Waals surface area contributed by atoms with Gasteiger partial charge in [-0.3, -0.25) is 14.4 Å². The average Bonchev–Trinajstić information content (AvgIpc) is 3.41. The van der Waals surface area contributed by atoms with E-state index in [9.17, 15) is 14.4 Å². The van der Waals surface area contributed by atoms with Crippen LogP contribution in [0.15, 0.2) is 47.1 Å². The predicted molar refractivity (Wildman–Crippen MR) is 105 cm³/mol. The molecule has 1 aromatic carbocycles. The molecule has 2 aromatic rings. The van der Waals surface area contributed by atoms with E-state index in [0.29, 0.717) is 32.1 Å². The zero-order valence-electron chi connectivity index (χ0n) is 16.8. The van der Waals surface area contributed by atoms with Gasteiger partial charge in [-0.25, -0.2) is 0 Å². The molecule has 0 aliphatic carbocycles. The number of Topliss-reactive ketones (excluding diaryl/α,β-unsaturated/α-hetero) is 2. The fraction of sp³-hybridized carbons (Fsp3) is 0.409. The molecule has 3 heterocycles. The monoisotopic (exact) mass is 413 g/mol. The number of ketones is 2. The Morgan fingerprint density at radius 1 is 1.17 bits per heavy atom. The summed E-state index contributed by atoms with van der Waals surface area (Å²) in [5.74, 6) is -2.16. The number of nitrogens with zero attached hydrogens (tertiary/aromatic N) is 1. The van der Waals surface area contributed by atoms with Crippen LogP contribution in [0.5, 0.6) is 5.75 Å². The van der Waals surface area contributed by atoms with Crippen LogP contribution in [-0.2, 0) is 14.3 Å². The second kappa shape index (κ2) is 8.81. The lowest BCUT2D eigenvalue weighted by Gasteiger charge is -2.30. The molecule has 1 N–H and O–H groups in total. The minimum atomic E-state index is -1.13. The molecule has 2 saturated heterocycles. The van der Waals surface area contributed by atoms with Crippen LogP contribution in [0.2, 0.25) is 0 Å². The zero-order valence-corrected chi connectivity index (χ0v) is 16.8. The van der Waals surface area contributed by atoms with Crippen molar-refractivity contribution in [2.45, 2.75) is 6.04 Å². The Balaban J connectivity index is 1.64. The summed E-state index contributed by atoms with van der Waals surface area (Å²) in [6.07, 6.45) is 1.39. The van der Waals surface area contributed by atoms with Crippen LogP contribution in [0.25, 0.3) is 0 Å². The summed E-state index contributed by atoms with van der Waals surface area (Å²) >= 11 is 0. The minimum Gasteiger partial charge on any atom is -0.497 e. The number of carbonyl (C=O) groups excluding carboxylic acids is 3. The highest BCUT2D eigenvalue weighted by atomic mass is 16.5. The van der Waals surface area contributed by atoms with Crippen LogP contribution in [0.4, 0.5) is 0 Å². The first-order valence-corrected chi connectivity index (χ1v) is 10.1. The average molecular weight is 413 g/mol. The van der Waals surface area contributed by atoms with Crippen molar-refractivity contribution in [2.75, 3.05) is 46.5 Å². The summed E-state index contributed by atoms with van der Waals surface area (Å²) in [4.78, 5) is 41.7. The Kier molecular flexibility index (Phi) is 5.96. The molecule has 4 rings (SSSR count). The molecule has 0 radical (unpaired) electrons. The fourth-order valence-electron chi connectivity index (χ4n) is 4.16. The lowest BCUT2D eigenvalue weighted by atomic mass is 9.88. The first-order valence-electron chi connectivity index (χ1n) is 10.1. The maximum absolute atomic E-state index is 13.1. The summed E-state index contributed by atoms with van der Waals surface area (Å²) in [5.41, 5.74) is 0.719. The van der Waals surface area contributed by atoms with E-state index in [0.717, 1.165) is 18.7 Å². The van der Waals surface area contributed by atoms with Crippen LogP contribution in [0.3, 0.4) is 0 Å². The van der Waals surface area contributed by atoms with E-state index in [1.807, 2.05) is 0 Å². The van der Waals surface area contributed by atoms with Gasteiger partial charge in [0.05, 0.1) is 45.7 Å². The molecule has 8 nitrogen and oxygen atoms in total. The van der Waals surface area contributed by atoms with E-state index in [1.165, 1.54) is 22.1 Å². The van der Waals surface area contributed by atoms with Crippen molar-refractivity contribution in [1.29, 1.82) is 0 Å². The summed E-state index contributed by atoms with van der Waals surface area (Å²) in [6, 6.07) is 9.57. The molecule has 2 aliphatic heterocycles. The number of ether oxygens (including phenoxy) is 2. The predicted octanol–water partition coefficient (Wildman–Crippen LogP) is 0.155. The van der Waals surface area contributed by atoms with Crippen LogP contribution in [0, 0.1) is 5.92 Å². The molecule has 2 atom stereocenters. The van der Waals surface area contributed by atoms with Gasteiger partial charge in [0.2, 0.25) is 11.6 Å². The van der Waals surface area contributed by atoms with Crippen molar-refractivity contribution >= 4 is 17.5 Å². The van der Waals surface area contributed by atoms with Gasteiger partial charge in [-0.2, -0.15) is 0 Å². The molecular formula is C22H25N2O6+. The molecule has 8 heteroatoms. The molecule has 158 valence electrons. The van der Waals surface area contributed by atoms with Crippen LogP contribution in [-0.4, -0.2) is 68.9 Å². The standard InChI is InChI=1S/C22H24N2O6/c1-28-16-6-4-15(5-7-16)19-18(20(25)17-3-2-12-30-17)21(26)22(27)24(19)9-8-23-10-13-29-14-11-23/h2-7,12,18-19H,8-11,13-14H2,1H3/p+1. The van der Waals surface area contributed by atoms with E-state index in [1.54, 1.807) is 37.4 Å². The molecule has 2 unspecified atom stereocenters. The molecule has 1 aromatic heterocycles. The van der Waals surface area contributed by atoms with E-state index in [2.05, 4.69) is 0 Å². The van der Waals surface area contributed by atoms with Crippen LogP contribution < -0.4 is 9.64 Å². The Morgan fingerprint density at radius 3 is 2.53 bits per heavy atom. The number of benzene rings is 1. The van der Waals surface area contributed by atoms with E-state index >= 15 is 0 Å². The normalized spacial score (nSPS) is 22.5. The van der Waals surface area contributed by atoms with Crippen molar-refractivity contribution in [1.82, 2.24) is 4.90 Å². The third-order valence-electron chi connectivity index (χ3n) is 5.82. The van der Waals surface area contributed by atoms with Gasteiger partial charge in [-0.15, -0.1) is 0 Å². The van der Waals surface area contributed by atoms with E-state index < -0.39 is 29.4 Å². The number of rotatable bonds is 7. The number of methoxy groups -OCH3 is 1. The summed E-state index contributed by atoms with van der Waals surface area (Å²) in [7, 11) is 1.57. The Morgan fingerprint density at radius 2 is 1.90 bits per heavy atom. The largest absolute Gasteiger partial charge is 0.497 e. The maximum Gasteiger partial charge on any atom is 0.291 e. The number of hydrogen-bond donors (Lipinski definition) is 1. The molecule has 2 aliphatic rings. The van der Waals surface area contributed by atoms with Crippen molar-refractivity contribution in [3.05, 3.63) is 54.0 Å². The van der Waals surface area contributed by atoms with Crippen LogP contribution in [0.1, 0.15) is 22.2 Å². The number of nitrogens with one attached hydrogen (secondary N) is 1. The molecule has 2 fully saturated rings. The van der Waals surface area contributed by atoms with Gasteiger partial charge in [0.15, 0.2) is 5.76 Å². The smallest absolute Gasteiger partial charge is 0.291 e. The Bertz CT molecular complexity index is 902. The number of carbonyl (C=O) groups is 3. The van der Waals surface area contributed by atoms with E-state index in [4.69, 9.17) is 13.9 Å². The second-order valence-corrected chi connectivity index (χ2v) is 7.51. The summed E-state index contributed by atoms with van der Waals surface area (Å²) < 4.78 is 15.8. The van der Waals surface area contributed by atoms with Gasteiger partial charge in [-0.1, -0.05) is 12.1 Å². The number of amides is 1. The Labute approximate surface area is 174 Å². The van der Waals surface area contributed by atoms with Gasteiger partial charge < -0.3 is 23.7 Å². The van der Waals surface area contributed by atoms with Gasteiger partial charge in [0, 0.05) is 0 Å². The summed E-state index contributed by atoms with van der Waals surface area (Å²) in [6.45, 7) is 4.17. The molecule has 0 spiro atoms. The lowest BCUT2D eigenvalue weighted by molar-refractivity contribution is -0.907. The Hall–Kier alpha value is -2.97. The maximum atomic E-state index is 13.1. The number of furan rings is 1. The summed E-state index contributed by atoms with van der Waals surface area (Å²) in [5, 5.41) is 0. The van der Waals surface area contributed by atoms with Crippen molar-refractivity contribution in [2.24, 2.45) is 5.92 Å². The molecule has 0 saturated carbocycles. The number of hydrogen-bond acceptors (Lipinski definition) is 6. The first kappa shape index (κ1) is 20.3. The quantitative estimate of drug-likeness (QED) is 0.395. The van der Waals surface area contributed by atoms with E-state index in [-0.39, 0.29) is 5.76 Å². The first-order chi connectivity index (χ1) is 14.6. The SMILES string of the molecule is COc1ccc(C2C(C(=O)c3ccco3)C(=O)C(=O)N2CC[NH+]2CCOCC2)cc1. The molecule has 0 bridgehead atoms. The van der Waals surface area contributed by atoms with Gasteiger partial charge in [0.1, 0.15) is 24.8 Å². The van der Waals surface area contributed by atoms with Gasteiger partial charge in [0.25, 0.3) is 5.91 Å². The van der Waals surface area contributed by atoms with Gasteiger partial charge >= 0.3 is 0 Å². The second-order valence-electron chi connectivity index (χ2n) is 7.51. The number of morpholine rings is 1. The van der Waals surface area contributed by atoms with Crippen LogP contribution >= 0.6 is 0 Å². The molecular weight excluding hydrogens is 388 g/mol. The third-order valence-corrected chi connectivity index (χ3v) is 5.82. The third kappa shape index (κ3) is 3.88. The highest BCUT2D eigenvalue weighted by molar-refractivity contribution is 6.43. The van der Waals surface area contributed by atoms with Crippen molar-refractivity contribution < 1.29 is 33.2 Å². The molecule has 30 heavy (non-hydrogen) atoms. The zero-order chi connectivity index (χ0) is 21.1. The topological polar surface area (TPSA) is 90.5 Å². The van der Waals surface area contributed by atoms with Gasteiger partial charge in [-0.05, 0) is 29.8 Å². The lowest BCUT2D eigenvalue weighted by Crippen LogP contribution is -3.14. The highest BCUT2D eigenvalue weighted by Crippen LogP contribution is 2.38.